The maximum atomic E-state index is 12.0. The molecule has 2 aromatic rings. The molecule has 0 saturated heterocycles. The van der Waals surface area contributed by atoms with E-state index in [-0.39, 0.29) is 5.91 Å². The number of hydrogen-bond donors (Lipinski definition) is 1. The number of amides is 1. The Hall–Kier alpha value is -1.52. The molecule has 1 heterocycles. The zero-order chi connectivity index (χ0) is 15.4. The molecule has 0 bridgehead atoms. The van der Waals surface area contributed by atoms with Gasteiger partial charge in [0.1, 0.15) is 0 Å². The van der Waals surface area contributed by atoms with E-state index < -0.39 is 0 Å². The molecule has 2 rings (SSSR count). The van der Waals surface area contributed by atoms with Crippen LogP contribution in [-0.4, -0.2) is 22.2 Å². The van der Waals surface area contributed by atoms with E-state index in [1.807, 2.05) is 24.6 Å². The zero-order valence-electron chi connectivity index (χ0n) is 12.0. The van der Waals surface area contributed by atoms with Crippen molar-refractivity contribution >= 4 is 29.1 Å². The molecule has 0 saturated carbocycles. The first-order valence-electron chi connectivity index (χ1n) is 6.71. The van der Waals surface area contributed by atoms with Crippen molar-refractivity contribution in [1.29, 1.82) is 0 Å². The van der Waals surface area contributed by atoms with Crippen LogP contribution < -0.4 is 5.32 Å². The summed E-state index contributed by atoms with van der Waals surface area (Å²) < 4.78 is 1.94. The Labute approximate surface area is 134 Å². The molecule has 21 heavy (non-hydrogen) atoms. The number of nitrogens with zero attached hydrogens (tertiary/aromatic N) is 2. The molecule has 1 aromatic heterocycles. The van der Waals surface area contributed by atoms with Crippen LogP contribution in [0.4, 0.5) is 0 Å². The lowest BCUT2D eigenvalue weighted by Gasteiger charge is -2.08. The number of rotatable bonds is 5. The maximum absolute atomic E-state index is 12.0. The average Bonchev–Trinajstić information content (AvgIpc) is 2.75. The minimum Gasteiger partial charge on any atom is -0.352 e. The lowest BCUT2D eigenvalue weighted by Crippen LogP contribution is -2.25. The number of hydrogen-bond acceptors (Lipinski definition) is 2. The fourth-order valence-electron chi connectivity index (χ4n) is 2.10. The van der Waals surface area contributed by atoms with Gasteiger partial charge in [-0.05, 0) is 44.5 Å². The van der Waals surface area contributed by atoms with Gasteiger partial charge in [-0.1, -0.05) is 23.2 Å². The lowest BCUT2D eigenvalue weighted by molar-refractivity contribution is 0.0952. The van der Waals surface area contributed by atoms with E-state index in [1.165, 1.54) is 0 Å². The summed E-state index contributed by atoms with van der Waals surface area (Å²) >= 11 is 11.9. The van der Waals surface area contributed by atoms with Crippen LogP contribution in [0.3, 0.4) is 0 Å². The van der Waals surface area contributed by atoms with Crippen molar-refractivity contribution in [1.82, 2.24) is 15.1 Å². The van der Waals surface area contributed by atoms with Crippen molar-refractivity contribution in [2.75, 3.05) is 6.54 Å². The molecule has 112 valence electrons. The largest absolute Gasteiger partial charge is 0.352 e. The van der Waals surface area contributed by atoms with Crippen LogP contribution in [0.15, 0.2) is 24.3 Å². The molecule has 1 amide bonds. The third-order valence-electron chi connectivity index (χ3n) is 3.11. The molecule has 0 fully saturated rings. The molecule has 0 aliphatic rings. The van der Waals surface area contributed by atoms with Crippen LogP contribution in [0.1, 0.15) is 28.2 Å². The Morgan fingerprint density at radius 2 is 2.05 bits per heavy atom. The third kappa shape index (κ3) is 4.22. The summed E-state index contributed by atoms with van der Waals surface area (Å²) in [6.45, 7) is 5.31. The Morgan fingerprint density at radius 1 is 1.29 bits per heavy atom. The molecule has 0 spiro atoms. The number of aryl methyl sites for hydroxylation is 3. The molecular weight excluding hydrogens is 309 g/mol. The normalized spacial score (nSPS) is 10.7. The summed E-state index contributed by atoms with van der Waals surface area (Å²) in [5, 5.41) is 8.11. The first kappa shape index (κ1) is 15.9. The second-order valence-electron chi connectivity index (χ2n) is 4.88. The molecule has 0 aliphatic carbocycles. The Kier molecular flexibility index (Phi) is 5.26. The number of benzene rings is 1. The maximum Gasteiger partial charge on any atom is 0.252 e. The Balaban J connectivity index is 1.84. The number of aromatic nitrogens is 2. The van der Waals surface area contributed by atoms with Crippen molar-refractivity contribution in [2.24, 2.45) is 0 Å². The summed E-state index contributed by atoms with van der Waals surface area (Å²) in [4.78, 5) is 12.0. The van der Waals surface area contributed by atoms with Crippen LogP contribution in [-0.2, 0) is 6.54 Å². The fraction of sp³-hybridized carbons (Fsp3) is 0.333. The van der Waals surface area contributed by atoms with E-state index in [0.29, 0.717) is 22.2 Å². The van der Waals surface area contributed by atoms with Crippen molar-refractivity contribution in [3.05, 3.63) is 51.3 Å². The first-order chi connectivity index (χ1) is 9.97. The highest BCUT2D eigenvalue weighted by atomic mass is 35.5. The summed E-state index contributed by atoms with van der Waals surface area (Å²) in [7, 11) is 0. The van der Waals surface area contributed by atoms with Crippen molar-refractivity contribution in [2.45, 2.75) is 26.8 Å². The molecule has 0 aliphatic heterocycles. The van der Waals surface area contributed by atoms with Gasteiger partial charge in [-0.15, -0.1) is 0 Å². The van der Waals surface area contributed by atoms with Crippen molar-refractivity contribution in [3.8, 4) is 0 Å². The van der Waals surface area contributed by atoms with Crippen molar-refractivity contribution in [3.63, 3.8) is 0 Å². The van der Waals surface area contributed by atoms with Gasteiger partial charge in [0.2, 0.25) is 0 Å². The second kappa shape index (κ2) is 6.96. The van der Waals surface area contributed by atoms with Crippen LogP contribution in [0.25, 0.3) is 0 Å². The summed E-state index contributed by atoms with van der Waals surface area (Å²) in [6.07, 6.45) is 0.798. The molecule has 0 radical (unpaired) electrons. The SMILES string of the molecule is Cc1cc(C)n(CCCNC(=O)c2cc(Cl)ccc2Cl)n1. The van der Waals surface area contributed by atoms with E-state index >= 15 is 0 Å². The number of halogens is 2. The number of nitrogens with one attached hydrogen (secondary N) is 1. The van der Waals surface area contributed by atoms with Gasteiger partial charge in [0.05, 0.1) is 16.3 Å². The van der Waals surface area contributed by atoms with Gasteiger partial charge >= 0.3 is 0 Å². The molecule has 1 aromatic carbocycles. The highest BCUT2D eigenvalue weighted by Crippen LogP contribution is 2.20. The summed E-state index contributed by atoms with van der Waals surface area (Å²) in [6, 6.07) is 6.88. The molecule has 1 N–H and O–H groups in total. The summed E-state index contributed by atoms with van der Waals surface area (Å²) in [5.74, 6) is -0.212. The average molecular weight is 326 g/mol. The van der Waals surface area contributed by atoms with Gasteiger partial charge in [-0.25, -0.2) is 0 Å². The number of carbonyl (C=O) groups is 1. The monoisotopic (exact) mass is 325 g/mol. The highest BCUT2D eigenvalue weighted by molar-refractivity contribution is 6.35. The van der Waals surface area contributed by atoms with Gasteiger partial charge in [0.15, 0.2) is 0 Å². The van der Waals surface area contributed by atoms with Crippen molar-refractivity contribution < 1.29 is 4.79 Å². The Morgan fingerprint density at radius 3 is 2.71 bits per heavy atom. The van der Waals surface area contributed by atoms with Gasteiger partial charge in [-0.2, -0.15) is 5.10 Å². The molecule has 0 atom stereocenters. The zero-order valence-corrected chi connectivity index (χ0v) is 13.5. The first-order valence-corrected chi connectivity index (χ1v) is 7.47. The van der Waals surface area contributed by atoms with E-state index in [9.17, 15) is 4.79 Å². The minimum absolute atomic E-state index is 0.212. The van der Waals surface area contributed by atoms with E-state index in [4.69, 9.17) is 23.2 Å². The van der Waals surface area contributed by atoms with Gasteiger partial charge in [0.25, 0.3) is 5.91 Å². The number of carbonyl (C=O) groups excluding carboxylic acids is 1. The topological polar surface area (TPSA) is 46.9 Å². The van der Waals surface area contributed by atoms with Gasteiger partial charge in [-0.3, -0.25) is 9.48 Å². The van der Waals surface area contributed by atoms with E-state index in [1.54, 1.807) is 18.2 Å². The lowest BCUT2D eigenvalue weighted by atomic mass is 10.2. The standard InChI is InChI=1S/C15H17Cl2N3O/c1-10-8-11(2)20(19-10)7-3-6-18-15(21)13-9-12(16)4-5-14(13)17/h4-5,8-9H,3,6-7H2,1-2H3,(H,18,21). The van der Waals surface area contributed by atoms with Gasteiger partial charge < -0.3 is 5.32 Å². The summed E-state index contributed by atoms with van der Waals surface area (Å²) in [5.41, 5.74) is 2.52. The predicted molar refractivity (Wildman–Crippen MR) is 85.1 cm³/mol. The van der Waals surface area contributed by atoms with E-state index in [2.05, 4.69) is 10.4 Å². The molecule has 4 nitrogen and oxygen atoms in total. The van der Waals surface area contributed by atoms with Gasteiger partial charge in [0, 0.05) is 23.8 Å². The predicted octanol–water partition coefficient (Wildman–Crippen LogP) is 3.63. The van der Waals surface area contributed by atoms with Crippen LogP contribution in [0.5, 0.6) is 0 Å². The second-order valence-corrected chi connectivity index (χ2v) is 5.73. The third-order valence-corrected chi connectivity index (χ3v) is 3.67. The van der Waals surface area contributed by atoms with Crippen LogP contribution >= 0.6 is 23.2 Å². The molecule has 6 heteroatoms. The highest BCUT2D eigenvalue weighted by Gasteiger charge is 2.10. The smallest absolute Gasteiger partial charge is 0.252 e. The van der Waals surface area contributed by atoms with Crippen LogP contribution in [0, 0.1) is 13.8 Å². The quantitative estimate of drug-likeness (QED) is 0.853. The van der Waals surface area contributed by atoms with E-state index in [0.717, 1.165) is 24.4 Å². The molecular formula is C15H17Cl2N3O. The van der Waals surface area contributed by atoms with Crippen LogP contribution in [0.2, 0.25) is 10.0 Å². The Bertz CT molecular complexity index is 652. The molecule has 0 unspecified atom stereocenters. The minimum atomic E-state index is -0.212. The fourth-order valence-corrected chi connectivity index (χ4v) is 2.47.